The van der Waals surface area contributed by atoms with Crippen LogP contribution in [0.3, 0.4) is 0 Å². The summed E-state index contributed by atoms with van der Waals surface area (Å²) in [4.78, 5) is 11.2. The van der Waals surface area contributed by atoms with Gasteiger partial charge in [-0.15, -0.1) is 0 Å². The largest absolute Gasteiger partial charge is 0.294 e. The van der Waals surface area contributed by atoms with E-state index in [-0.39, 0.29) is 66.8 Å². The van der Waals surface area contributed by atoms with Gasteiger partial charge in [0.25, 0.3) is 0 Å². The molecule has 3 aliphatic rings. The summed E-state index contributed by atoms with van der Waals surface area (Å²) in [6.07, 6.45) is 27.1. The summed E-state index contributed by atoms with van der Waals surface area (Å²) in [5, 5.41) is 0.890. The van der Waals surface area contributed by atoms with Crippen molar-refractivity contribution in [3.63, 3.8) is 0 Å². The highest BCUT2D eigenvalue weighted by Gasteiger charge is 2.20. The first-order chi connectivity index (χ1) is 34.2. The van der Waals surface area contributed by atoms with Crippen molar-refractivity contribution in [2.75, 3.05) is 0 Å². The van der Waals surface area contributed by atoms with Crippen LogP contribution in [-0.2, 0) is 11.2 Å². The van der Waals surface area contributed by atoms with E-state index in [1.807, 2.05) is 64.1 Å². The van der Waals surface area contributed by atoms with Crippen LogP contribution in [-0.4, -0.2) is 5.78 Å². The van der Waals surface area contributed by atoms with Gasteiger partial charge in [0.05, 0.1) is 0 Å². The molecule has 0 radical (unpaired) electrons. The molecule has 4 rings (SSSR count). The molecule has 0 bridgehead atoms. The fourth-order valence-electron chi connectivity index (χ4n) is 6.94. The number of ketones is 1. The van der Waals surface area contributed by atoms with Crippen molar-refractivity contribution >= 4 is 17.4 Å². The number of rotatable bonds is 15. The summed E-state index contributed by atoms with van der Waals surface area (Å²) in [5.41, 5.74) is 2.74. The van der Waals surface area contributed by atoms with E-state index in [4.69, 9.17) is 11.6 Å². The molecule has 518 valence electrons. The molecule has 83 heavy (non-hydrogen) atoms. The average Bonchev–Trinajstić information content (AvgIpc) is 3.24. The first-order valence-corrected chi connectivity index (χ1v) is 32.2. The van der Waals surface area contributed by atoms with E-state index in [1.165, 1.54) is 89.0 Å². The van der Waals surface area contributed by atoms with Gasteiger partial charge in [0, 0.05) is 11.4 Å². The van der Waals surface area contributed by atoms with Crippen molar-refractivity contribution in [3.05, 3.63) is 58.7 Å². The maximum absolute atomic E-state index is 11.2. The van der Waals surface area contributed by atoms with Crippen LogP contribution in [0, 0.1) is 82.3 Å². The van der Waals surface area contributed by atoms with Crippen molar-refractivity contribution in [2.45, 2.75) is 384 Å². The molecule has 1 aromatic rings. The van der Waals surface area contributed by atoms with Crippen LogP contribution in [0.15, 0.2) is 48.1 Å². The molecule has 0 saturated heterocycles. The van der Waals surface area contributed by atoms with Crippen LogP contribution < -0.4 is 0 Å². The van der Waals surface area contributed by atoms with Gasteiger partial charge in [-0.1, -0.05) is 400 Å². The molecule has 3 aliphatic carbocycles. The van der Waals surface area contributed by atoms with Crippen LogP contribution in [0.5, 0.6) is 0 Å². The molecule has 0 N–H and O–H groups in total. The molecule has 0 amide bonds. The fourth-order valence-corrected chi connectivity index (χ4v) is 7.16. The Morgan fingerprint density at radius 3 is 1.06 bits per heavy atom. The van der Waals surface area contributed by atoms with Gasteiger partial charge in [-0.05, 0) is 125 Å². The van der Waals surface area contributed by atoms with E-state index in [2.05, 4.69) is 193 Å². The minimum Gasteiger partial charge on any atom is -0.294 e. The number of hydrogen-bond acceptors (Lipinski definition) is 1. The maximum atomic E-state index is 11.2. The second kappa shape index (κ2) is 82.7. The summed E-state index contributed by atoms with van der Waals surface area (Å²) in [7, 11) is 0. The molecule has 1 aromatic carbocycles. The van der Waals surface area contributed by atoms with Gasteiger partial charge >= 0.3 is 0 Å². The number of allylic oxidation sites excluding steroid dienone is 4. The third-order valence-corrected chi connectivity index (χ3v) is 13.8. The number of Topliss-reactive ketones (excluding diaryl/α,β-unsaturated/α-hetero) is 1. The highest BCUT2D eigenvalue weighted by Crippen LogP contribution is 2.33. The first kappa shape index (κ1) is 123. The fraction of sp³-hybridized carbons (Fsp3) is 0.864. The monoisotopic (exact) mass is 1210 g/mol. The quantitative estimate of drug-likeness (QED) is 0.171. The summed E-state index contributed by atoms with van der Waals surface area (Å²) >= 11 is 5.97. The third-order valence-electron chi connectivity index (χ3n) is 13.4. The second-order valence-electron chi connectivity index (χ2n) is 26.6. The Kier molecular flexibility index (Phi) is 123. The van der Waals surface area contributed by atoms with E-state index >= 15 is 0 Å². The molecule has 0 atom stereocenters. The molecule has 2 fully saturated rings. The molecule has 0 unspecified atom stereocenters. The Morgan fingerprint density at radius 1 is 0.506 bits per heavy atom. The topological polar surface area (TPSA) is 17.1 Å². The zero-order valence-corrected chi connectivity index (χ0v) is 57.9. The zero-order chi connectivity index (χ0) is 59.6. The number of carbonyl (C=O) groups excluding carboxylic acids is 1. The predicted octanol–water partition coefficient (Wildman–Crippen LogP) is 32.0. The van der Waals surface area contributed by atoms with Crippen molar-refractivity contribution in [1.82, 2.24) is 0 Å². The van der Waals surface area contributed by atoms with Gasteiger partial charge in [0.1, 0.15) is 0 Å². The number of carbonyl (C=O) groups is 1. The Bertz CT molecular complexity index is 1290. The Morgan fingerprint density at radius 2 is 0.892 bits per heavy atom. The Hall–Kier alpha value is -1.34. The molecule has 0 spiro atoms. The molecule has 0 aromatic heterocycles. The standard InChI is InChI=1S/C10H13Cl.C10H14O.C8H16.C7H14.3C7H16.2C6H14.2C2H6.9CH4/c2*1-8(2)7-9-5-3-4-6-10(9)11;1-7(2)6-8-4-3-5-8;1-6(2)7-4-3-5-7;1-6(2)7(3,4)5;1-6(2)5-7(3)4;1-4-5-6-7(2)3;1-5(2)6(3)4;1-4-5-6(2)3;2*1-2;;;;;;;;;/h3-6,8H,7H2,1-2H3;3-5,8H,6-7H2,1-2H3;7-8H,3-6H2,1-2H3;6-7H,3-5H2,1-2H3;6H,1-5H3;6-7H,5H2,1-4H3;7H,4-6H2,1-3H3;5-6H,1-4H3;6H,4-5H2,1-3H3;2*1-2H3;9*1H4. The summed E-state index contributed by atoms with van der Waals surface area (Å²) < 4.78 is 0. The molecule has 2 saturated carbocycles. The van der Waals surface area contributed by atoms with Gasteiger partial charge in [0.15, 0.2) is 5.78 Å². The minimum absolute atomic E-state index is 0. The number of hydrogen-bond donors (Lipinski definition) is 0. The van der Waals surface area contributed by atoms with Gasteiger partial charge in [0.2, 0.25) is 0 Å². The molecule has 1 nitrogen and oxygen atoms in total. The maximum Gasteiger partial charge on any atom is 0.162 e. The number of unbranched alkanes of at least 4 members (excludes halogenated alkanes) is 1. The molecule has 0 aliphatic heterocycles. The SMILES string of the molecule is C.C.C.C.C.C.C.C.C.CC.CC.CC(C)C(C)(C)C.CC(C)C(C)C.CC(C)C1CCC1.CC(C)CC(C)C.CC(C)CC1=CC=CCC1=O.CC(C)CC1CCC1.CC(C)Cc1ccccc1Cl.CCCC(C)C.CCCCC(C)C. The van der Waals surface area contributed by atoms with Gasteiger partial charge in [-0.2, -0.15) is 0 Å². The molecule has 0 heterocycles. The Labute approximate surface area is 544 Å². The van der Waals surface area contributed by atoms with Crippen LogP contribution in [0.4, 0.5) is 0 Å². The van der Waals surface area contributed by atoms with Gasteiger partial charge < -0.3 is 0 Å². The zero-order valence-electron chi connectivity index (χ0n) is 57.1. The van der Waals surface area contributed by atoms with Crippen molar-refractivity contribution in [3.8, 4) is 0 Å². The Balaban J connectivity index is -0.0000000429. The summed E-state index contributed by atoms with van der Waals surface area (Å²) in [6.45, 7) is 68.8. The minimum atomic E-state index is 0. The summed E-state index contributed by atoms with van der Waals surface area (Å²) in [6, 6.07) is 8.03. The summed E-state index contributed by atoms with van der Waals surface area (Å²) in [5.74, 6) is 11.7. The normalized spacial score (nSPS) is 12.2. The second-order valence-corrected chi connectivity index (χ2v) is 27.1. The lowest BCUT2D eigenvalue weighted by atomic mass is 9.78. The lowest BCUT2D eigenvalue weighted by Crippen LogP contribution is -2.16. The van der Waals surface area contributed by atoms with Crippen molar-refractivity contribution < 1.29 is 4.79 Å². The van der Waals surface area contributed by atoms with Crippen LogP contribution in [0.1, 0.15) is 383 Å². The first-order valence-electron chi connectivity index (χ1n) is 31.9. The van der Waals surface area contributed by atoms with Crippen LogP contribution >= 0.6 is 11.6 Å². The average molecular weight is 1210 g/mol. The highest BCUT2D eigenvalue weighted by atomic mass is 35.5. The lowest BCUT2D eigenvalue weighted by Gasteiger charge is -2.28. The van der Waals surface area contributed by atoms with Crippen molar-refractivity contribution in [1.29, 1.82) is 0 Å². The van der Waals surface area contributed by atoms with E-state index in [0.717, 1.165) is 88.5 Å². The van der Waals surface area contributed by atoms with Crippen LogP contribution in [0.25, 0.3) is 0 Å². The number of benzene rings is 1. The lowest BCUT2D eigenvalue weighted by molar-refractivity contribution is -0.115. The van der Waals surface area contributed by atoms with E-state index < -0.39 is 0 Å². The van der Waals surface area contributed by atoms with Crippen molar-refractivity contribution in [2.24, 2.45) is 82.3 Å². The molecule has 2 heteroatoms. The van der Waals surface area contributed by atoms with Gasteiger partial charge in [-0.3, -0.25) is 4.79 Å². The highest BCUT2D eigenvalue weighted by molar-refractivity contribution is 6.31. The van der Waals surface area contributed by atoms with E-state index in [0.29, 0.717) is 29.5 Å². The van der Waals surface area contributed by atoms with Crippen LogP contribution in [0.2, 0.25) is 5.02 Å². The third kappa shape index (κ3) is 103. The molecular weight excluding hydrogens is 1020 g/mol. The van der Waals surface area contributed by atoms with E-state index in [1.54, 1.807) is 0 Å². The van der Waals surface area contributed by atoms with Gasteiger partial charge in [-0.25, -0.2) is 0 Å². The smallest absolute Gasteiger partial charge is 0.162 e. The molecular formula is C81H181ClO. The van der Waals surface area contributed by atoms with E-state index in [9.17, 15) is 4.79 Å². The predicted molar refractivity (Wildman–Crippen MR) is 411 cm³/mol. The number of halogens is 1.